The third kappa shape index (κ3) is 3.35. The molecule has 1 aromatic carbocycles. The minimum Gasteiger partial charge on any atom is -0.481 e. The lowest BCUT2D eigenvalue weighted by atomic mass is 9.87. The Bertz CT molecular complexity index is 1090. The summed E-state index contributed by atoms with van der Waals surface area (Å²) >= 11 is 6.30. The number of carboxylic acid groups (broad SMARTS) is 1. The topological polar surface area (TPSA) is 88.3 Å². The highest BCUT2D eigenvalue weighted by Gasteiger charge is 2.33. The molecule has 4 rings (SSSR count). The Morgan fingerprint density at radius 1 is 1.24 bits per heavy atom. The molecule has 29 heavy (non-hydrogen) atoms. The Labute approximate surface area is 172 Å². The van der Waals surface area contributed by atoms with Crippen LogP contribution < -0.4 is 4.90 Å². The molecule has 0 bridgehead atoms. The summed E-state index contributed by atoms with van der Waals surface area (Å²) in [5.41, 5.74) is 2.39. The van der Waals surface area contributed by atoms with E-state index in [1.807, 2.05) is 24.8 Å². The van der Waals surface area contributed by atoms with Crippen LogP contribution in [0.5, 0.6) is 0 Å². The molecule has 8 heteroatoms. The molecule has 0 radical (unpaired) electrons. The van der Waals surface area contributed by atoms with Gasteiger partial charge in [0.1, 0.15) is 5.52 Å². The third-order valence-electron chi connectivity index (χ3n) is 5.57. The quantitative estimate of drug-likeness (QED) is 0.706. The molecule has 1 aliphatic heterocycles. The number of pyridine rings is 1. The van der Waals surface area contributed by atoms with E-state index in [2.05, 4.69) is 10.1 Å². The summed E-state index contributed by atoms with van der Waals surface area (Å²) in [5, 5.41) is 14.4. The summed E-state index contributed by atoms with van der Waals surface area (Å²) in [6.45, 7) is 4.85. The van der Waals surface area contributed by atoms with Crippen molar-refractivity contribution >= 4 is 40.3 Å². The molecule has 0 spiro atoms. The van der Waals surface area contributed by atoms with Gasteiger partial charge in [-0.1, -0.05) is 30.7 Å². The van der Waals surface area contributed by atoms with Crippen molar-refractivity contribution in [3.8, 4) is 0 Å². The number of hydrogen-bond acceptors (Lipinski definition) is 5. The molecule has 2 aromatic heterocycles. The van der Waals surface area contributed by atoms with E-state index in [1.54, 1.807) is 30.5 Å². The maximum absolute atomic E-state index is 13.3. The van der Waals surface area contributed by atoms with Crippen molar-refractivity contribution in [1.82, 2.24) is 14.8 Å². The average Bonchev–Trinajstić information content (AvgIpc) is 3.07. The molecule has 150 valence electrons. The molecule has 7 nitrogen and oxygen atoms in total. The van der Waals surface area contributed by atoms with Gasteiger partial charge < -0.3 is 10.0 Å². The van der Waals surface area contributed by atoms with Gasteiger partial charge in [-0.25, -0.2) is 0 Å². The number of aryl methyl sites for hydroxylation is 1. The summed E-state index contributed by atoms with van der Waals surface area (Å²) < 4.78 is 1.35. The Hall–Kier alpha value is -2.93. The van der Waals surface area contributed by atoms with Crippen molar-refractivity contribution in [2.24, 2.45) is 11.8 Å². The minimum absolute atomic E-state index is 0.0355. The fourth-order valence-corrected chi connectivity index (χ4v) is 4.32. The van der Waals surface area contributed by atoms with Crippen LogP contribution in [0.25, 0.3) is 11.0 Å². The maximum atomic E-state index is 13.3. The van der Waals surface area contributed by atoms with E-state index in [0.29, 0.717) is 46.9 Å². The van der Waals surface area contributed by atoms with Gasteiger partial charge in [-0.3, -0.25) is 14.6 Å². The van der Waals surface area contributed by atoms with Crippen LogP contribution in [0, 0.1) is 18.8 Å². The number of anilines is 1. The summed E-state index contributed by atoms with van der Waals surface area (Å²) in [6.07, 6.45) is 2.19. The maximum Gasteiger partial charge on any atom is 0.306 e. The Balaban J connectivity index is 1.77. The standard InChI is InChI=1S/C21H21ClN4O3/c1-12-5-3-6-15(22)17(12)20(27)26-16-7-4-9-23-18(16)19(24-26)25-10-8-14(21(28)29)13(2)11-25/h3-7,9,13-14H,8,10-11H2,1-2H3,(H,28,29)/t13-,14+/m0/s1. The van der Waals surface area contributed by atoms with Gasteiger partial charge >= 0.3 is 5.97 Å². The van der Waals surface area contributed by atoms with Gasteiger partial charge in [-0.2, -0.15) is 4.68 Å². The van der Waals surface area contributed by atoms with E-state index >= 15 is 0 Å². The second-order valence-corrected chi connectivity index (χ2v) is 7.91. The van der Waals surface area contributed by atoms with E-state index in [4.69, 9.17) is 11.6 Å². The van der Waals surface area contributed by atoms with Crippen LogP contribution in [0.4, 0.5) is 5.82 Å². The number of carbonyl (C=O) groups is 2. The predicted octanol–water partition coefficient (Wildman–Crippen LogP) is 3.63. The highest BCUT2D eigenvalue weighted by Crippen LogP contribution is 2.32. The smallest absolute Gasteiger partial charge is 0.306 e. The van der Waals surface area contributed by atoms with E-state index in [-0.39, 0.29) is 17.7 Å². The van der Waals surface area contributed by atoms with Crippen molar-refractivity contribution in [2.75, 3.05) is 18.0 Å². The molecule has 3 aromatic rings. The number of nitrogens with zero attached hydrogens (tertiary/aromatic N) is 4. The highest BCUT2D eigenvalue weighted by molar-refractivity contribution is 6.34. The number of hydrogen-bond donors (Lipinski definition) is 1. The first-order chi connectivity index (χ1) is 13.9. The second kappa shape index (κ2) is 7.48. The first-order valence-corrected chi connectivity index (χ1v) is 9.87. The lowest BCUT2D eigenvalue weighted by Gasteiger charge is -2.35. The largest absolute Gasteiger partial charge is 0.481 e. The average molecular weight is 413 g/mol. The van der Waals surface area contributed by atoms with Crippen LogP contribution in [0.1, 0.15) is 29.3 Å². The van der Waals surface area contributed by atoms with Crippen LogP contribution in [-0.2, 0) is 4.79 Å². The second-order valence-electron chi connectivity index (χ2n) is 7.50. The van der Waals surface area contributed by atoms with Gasteiger partial charge in [0.05, 0.1) is 22.0 Å². The molecular formula is C21H21ClN4O3. The number of rotatable bonds is 3. The van der Waals surface area contributed by atoms with Gasteiger partial charge in [0.2, 0.25) is 0 Å². The first kappa shape index (κ1) is 19.4. The van der Waals surface area contributed by atoms with E-state index in [0.717, 1.165) is 5.56 Å². The van der Waals surface area contributed by atoms with Crippen LogP contribution in [0.2, 0.25) is 5.02 Å². The van der Waals surface area contributed by atoms with Crippen molar-refractivity contribution < 1.29 is 14.7 Å². The number of halogens is 1. The van der Waals surface area contributed by atoms with Gasteiger partial charge in [0.25, 0.3) is 5.91 Å². The lowest BCUT2D eigenvalue weighted by Crippen LogP contribution is -2.42. The van der Waals surface area contributed by atoms with Gasteiger partial charge in [0.15, 0.2) is 5.82 Å². The molecule has 3 heterocycles. The SMILES string of the molecule is Cc1cccc(Cl)c1C(=O)n1nc(N2CC[C@@H](C(=O)O)[C@@H](C)C2)c2ncccc21. The van der Waals surface area contributed by atoms with Crippen molar-refractivity contribution in [3.63, 3.8) is 0 Å². The molecule has 1 saturated heterocycles. The third-order valence-corrected chi connectivity index (χ3v) is 5.89. The molecule has 1 N–H and O–H groups in total. The first-order valence-electron chi connectivity index (χ1n) is 9.49. The highest BCUT2D eigenvalue weighted by atomic mass is 35.5. The predicted molar refractivity (Wildman–Crippen MR) is 111 cm³/mol. The number of benzene rings is 1. The summed E-state index contributed by atoms with van der Waals surface area (Å²) in [4.78, 5) is 31.2. The number of aromatic nitrogens is 3. The van der Waals surface area contributed by atoms with Crippen LogP contribution in [-0.4, -0.2) is 44.8 Å². The summed E-state index contributed by atoms with van der Waals surface area (Å²) in [7, 11) is 0. The Kier molecular flexibility index (Phi) is 5.00. The minimum atomic E-state index is -0.768. The molecule has 0 unspecified atom stereocenters. The van der Waals surface area contributed by atoms with Gasteiger partial charge in [-0.05, 0) is 43.0 Å². The zero-order valence-corrected chi connectivity index (χ0v) is 16.9. The molecular weight excluding hydrogens is 392 g/mol. The van der Waals surface area contributed by atoms with Gasteiger partial charge in [0, 0.05) is 19.3 Å². The lowest BCUT2D eigenvalue weighted by molar-refractivity contribution is -0.144. The summed E-state index contributed by atoms with van der Waals surface area (Å²) in [5.74, 6) is -0.901. The van der Waals surface area contributed by atoms with E-state index in [9.17, 15) is 14.7 Å². The zero-order chi connectivity index (χ0) is 20.7. The Morgan fingerprint density at radius 3 is 2.72 bits per heavy atom. The molecule has 1 fully saturated rings. The normalized spacial score (nSPS) is 19.5. The number of fused-ring (bicyclic) bond motifs is 1. The molecule has 0 saturated carbocycles. The number of carboxylic acids is 1. The fourth-order valence-electron chi connectivity index (χ4n) is 4.02. The van der Waals surface area contributed by atoms with E-state index in [1.165, 1.54) is 4.68 Å². The van der Waals surface area contributed by atoms with Crippen molar-refractivity contribution in [2.45, 2.75) is 20.3 Å². The molecule has 2 atom stereocenters. The van der Waals surface area contributed by atoms with Crippen molar-refractivity contribution in [1.29, 1.82) is 0 Å². The zero-order valence-electron chi connectivity index (χ0n) is 16.2. The fraction of sp³-hybridized carbons (Fsp3) is 0.333. The van der Waals surface area contributed by atoms with Crippen LogP contribution in [0.3, 0.4) is 0 Å². The number of carbonyl (C=O) groups excluding carboxylic acids is 1. The van der Waals surface area contributed by atoms with Crippen LogP contribution in [0.15, 0.2) is 36.5 Å². The number of piperidine rings is 1. The number of aliphatic carboxylic acids is 1. The monoisotopic (exact) mass is 412 g/mol. The Morgan fingerprint density at radius 2 is 2.03 bits per heavy atom. The van der Waals surface area contributed by atoms with Gasteiger partial charge in [-0.15, -0.1) is 5.10 Å². The molecule has 1 aliphatic rings. The van der Waals surface area contributed by atoms with Crippen LogP contribution >= 0.6 is 11.6 Å². The molecule has 0 aliphatic carbocycles. The van der Waals surface area contributed by atoms with Crippen molar-refractivity contribution in [3.05, 3.63) is 52.7 Å². The van der Waals surface area contributed by atoms with E-state index < -0.39 is 5.97 Å². The summed E-state index contributed by atoms with van der Waals surface area (Å²) in [6, 6.07) is 8.89. The molecule has 0 amide bonds.